The average molecular weight is 455 g/mol. The molecule has 176 valence electrons. The first kappa shape index (κ1) is 24.3. The van der Waals surface area contributed by atoms with Crippen LogP contribution in [0.4, 0.5) is 4.79 Å². The summed E-state index contributed by atoms with van der Waals surface area (Å²) in [6.07, 6.45) is -1.09. The Hall–Kier alpha value is -3.39. The maximum atomic E-state index is 12.4. The number of alkyl carbamates (subject to hydrolysis) is 1. The second-order valence-electron chi connectivity index (χ2n) is 8.25. The summed E-state index contributed by atoms with van der Waals surface area (Å²) < 4.78 is 10.7. The van der Waals surface area contributed by atoms with Crippen LogP contribution in [0.1, 0.15) is 43.7 Å². The van der Waals surface area contributed by atoms with Gasteiger partial charge in [0.15, 0.2) is 0 Å². The summed E-state index contributed by atoms with van der Waals surface area (Å²) >= 11 is 0. The van der Waals surface area contributed by atoms with E-state index in [1.54, 1.807) is 6.92 Å². The zero-order chi connectivity index (χ0) is 24.0. The molecule has 0 radical (unpaired) electrons. The van der Waals surface area contributed by atoms with Gasteiger partial charge in [0.05, 0.1) is 0 Å². The highest BCUT2D eigenvalue weighted by Crippen LogP contribution is 2.44. The molecular weight excluding hydrogens is 424 g/mol. The SMILES string of the molecule is CCC(C)(NC(=O)C(CCNC(=O)OCC1c2ccccc2-c2ccccc21)OC)C(=O)O. The number of nitrogens with one attached hydrogen (secondary N) is 2. The van der Waals surface area contributed by atoms with Crippen molar-refractivity contribution in [1.82, 2.24) is 10.6 Å². The molecule has 0 aromatic heterocycles. The van der Waals surface area contributed by atoms with Crippen LogP contribution in [0.2, 0.25) is 0 Å². The molecule has 0 saturated heterocycles. The Labute approximate surface area is 193 Å². The lowest BCUT2D eigenvalue weighted by Gasteiger charge is -2.27. The summed E-state index contributed by atoms with van der Waals surface area (Å²) in [7, 11) is 1.36. The topological polar surface area (TPSA) is 114 Å². The fourth-order valence-corrected chi connectivity index (χ4v) is 3.96. The van der Waals surface area contributed by atoms with Gasteiger partial charge in [0, 0.05) is 26.0 Å². The molecule has 2 aromatic rings. The number of hydrogen-bond donors (Lipinski definition) is 3. The Morgan fingerprint density at radius 3 is 2.15 bits per heavy atom. The summed E-state index contributed by atoms with van der Waals surface area (Å²) in [5, 5.41) is 14.5. The van der Waals surface area contributed by atoms with Gasteiger partial charge in [-0.15, -0.1) is 0 Å². The zero-order valence-corrected chi connectivity index (χ0v) is 19.1. The highest BCUT2D eigenvalue weighted by Gasteiger charge is 2.35. The van der Waals surface area contributed by atoms with E-state index >= 15 is 0 Å². The van der Waals surface area contributed by atoms with E-state index in [1.165, 1.54) is 14.0 Å². The first-order valence-corrected chi connectivity index (χ1v) is 11.0. The molecule has 3 N–H and O–H groups in total. The number of fused-ring (bicyclic) bond motifs is 3. The van der Waals surface area contributed by atoms with Gasteiger partial charge in [-0.25, -0.2) is 9.59 Å². The van der Waals surface area contributed by atoms with Crippen LogP contribution in [-0.4, -0.2) is 55.0 Å². The number of rotatable bonds is 10. The summed E-state index contributed by atoms with van der Waals surface area (Å²) in [4.78, 5) is 36.1. The smallest absolute Gasteiger partial charge is 0.407 e. The Morgan fingerprint density at radius 1 is 1.06 bits per heavy atom. The van der Waals surface area contributed by atoms with Gasteiger partial charge in [0.1, 0.15) is 18.2 Å². The van der Waals surface area contributed by atoms with Crippen LogP contribution in [-0.2, 0) is 19.1 Å². The first-order chi connectivity index (χ1) is 15.8. The van der Waals surface area contributed by atoms with Gasteiger partial charge in [0.25, 0.3) is 0 Å². The van der Waals surface area contributed by atoms with Crippen molar-refractivity contribution in [3.63, 3.8) is 0 Å². The number of methoxy groups -OCH3 is 1. The number of carboxylic acid groups (broad SMARTS) is 1. The summed E-state index contributed by atoms with van der Waals surface area (Å²) in [5.74, 6) is -1.70. The van der Waals surface area contributed by atoms with Crippen molar-refractivity contribution in [2.24, 2.45) is 0 Å². The number of carbonyl (C=O) groups excluding carboxylic acids is 2. The fraction of sp³-hybridized carbons (Fsp3) is 0.400. The number of amides is 2. The average Bonchev–Trinajstić information content (AvgIpc) is 3.14. The van der Waals surface area contributed by atoms with Crippen molar-refractivity contribution in [3.05, 3.63) is 59.7 Å². The molecular formula is C25H30N2O6. The lowest BCUT2D eigenvalue weighted by atomic mass is 9.98. The Kier molecular flexibility index (Phi) is 7.71. The normalized spacial score (nSPS) is 15.0. The van der Waals surface area contributed by atoms with E-state index in [2.05, 4.69) is 22.8 Å². The van der Waals surface area contributed by atoms with E-state index in [4.69, 9.17) is 9.47 Å². The number of ether oxygens (including phenoxy) is 2. The summed E-state index contributed by atoms with van der Waals surface area (Å²) in [6, 6.07) is 16.2. The third kappa shape index (κ3) is 5.34. The standard InChI is InChI=1S/C25H30N2O6/c1-4-25(2,23(29)30)27-22(28)21(32-3)13-14-26-24(31)33-15-20-18-11-7-5-9-16(18)17-10-6-8-12-19(17)20/h5-12,20-21H,4,13-15H2,1-3H3,(H,26,31)(H,27,28)(H,29,30). The molecule has 2 atom stereocenters. The maximum Gasteiger partial charge on any atom is 0.407 e. The van der Waals surface area contributed by atoms with E-state index < -0.39 is 29.6 Å². The van der Waals surface area contributed by atoms with Crippen molar-refractivity contribution in [3.8, 4) is 11.1 Å². The number of hydrogen-bond acceptors (Lipinski definition) is 5. The van der Waals surface area contributed by atoms with Gasteiger partial charge in [-0.1, -0.05) is 55.5 Å². The zero-order valence-electron chi connectivity index (χ0n) is 19.1. The predicted molar refractivity (Wildman–Crippen MR) is 123 cm³/mol. The largest absolute Gasteiger partial charge is 0.480 e. The van der Waals surface area contributed by atoms with Crippen molar-refractivity contribution in [2.75, 3.05) is 20.3 Å². The lowest BCUT2D eigenvalue weighted by Crippen LogP contribution is -2.55. The minimum atomic E-state index is -1.38. The molecule has 2 amide bonds. The quantitative estimate of drug-likeness (QED) is 0.508. The highest BCUT2D eigenvalue weighted by molar-refractivity contribution is 5.88. The van der Waals surface area contributed by atoms with E-state index in [1.807, 2.05) is 36.4 Å². The third-order valence-electron chi connectivity index (χ3n) is 6.17. The van der Waals surface area contributed by atoms with Crippen LogP contribution in [0.25, 0.3) is 11.1 Å². The first-order valence-electron chi connectivity index (χ1n) is 11.0. The summed E-state index contributed by atoms with van der Waals surface area (Å²) in [6.45, 7) is 3.45. The third-order valence-corrected chi connectivity index (χ3v) is 6.17. The van der Waals surface area contributed by atoms with Gasteiger partial charge in [0.2, 0.25) is 5.91 Å². The molecule has 3 rings (SSSR count). The lowest BCUT2D eigenvalue weighted by molar-refractivity contribution is -0.149. The highest BCUT2D eigenvalue weighted by atomic mass is 16.5. The second kappa shape index (κ2) is 10.5. The number of carbonyl (C=O) groups is 3. The van der Waals surface area contributed by atoms with Crippen LogP contribution in [0.3, 0.4) is 0 Å². The molecule has 0 bridgehead atoms. The van der Waals surface area contributed by atoms with Gasteiger partial charge in [-0.2, -0.15) is 0 Å². The Morgan fingerprint density at radius 2 is 1.64 bits per heavy atom. The molecule has 33 heavy (non-hydrogen) atoms. The van der Waals surface area contributed by atoms with Gasteiger partial charge in [-0.05, 0) is 35.6 Å². The van der Waals surface area contributed by atoms with Gasteiger partial charge >= 0.3 is 12.1 Å². The number of carboxylic acids is 1. The number of benzene rings is 2. The van der Waals surface area contributed by atoms with Gasteiger partial charge < -0.3 is 25.2 Å². The Bertz CT molecular complexity index is 978. The van der Waals surface area contributed by atoms with Crippen LogP contribution in [0.5, 0.6) is 0 Å². The van der Waals surface area contributed by atoms with Crippen LogP contribution < -0.4 is 10.6 Å². The van der Waals surface area contributed by atoms with Crippen molar-refractivity contribution in [2.45, 2.75) is 44.2 Å². The monoisotopic (exact) mass is 454 g/mol. The van der Waals surface area contributed by atoms with E-state index in [0.29, 0.717) is 0 Å². The molecule has 2 aromatic carbocycles. The minimum Gasteiger partial charge on any atom is -0.480 e. The Balaban J connectivity index is 1.51. The number of aliphatic carboxylic acids is 1. The molecule has 0 aliphatic heterocycles. The van der Waals surface area contributed by atoms with Crippen LogP contribution in [0, 0.1) is 0 Å². The summed E-state index contributed by atoms with van der Waals surface area (Å²) in [5.41, 5.74) is 3.17. The molecule has 0 saturated carbocycles. The minimum absolute atomic E-state index is 0.0385. The predicted octanol–water partition coefficient (Wildman–Crippen LogP) is 3.30. The van der Waals surface area contributed by atoms with Crippen LogP contribution in [0.15, 0.2) is 48.5 Å². The van der Waals surface area contributed by atoms with Crippen LogP contribution >= 0.6 is 0 Å². The molecule has 0 fully saturated rings. The molecule has 1 aliphatic carbocycles. The van der Waals surface area contributed by atoms with Crippen molar-refractivity contribution < 1.29 is 29.0 Å². The molecule has 0 spiro atoms. The molecule has 1 aliphatic rings. The molecule has 2 unspecified atom stereocenters. The van der Waals surface area contributed by atoms with E-state index in [0.717, 1.165) is 22.3 Å². The molecule has 8 heteroatoms. The second-order valence-corrected chi connectivity index (χ2v) is 8.25. The van der Waals surface area contributed by atoms with E-state index in [9.17, 15) is 19.5 Å². The maximum absolute atomic E-state index is 12.4. The van der Waals surface area contributed by atoms with Crippen molar-refractivity contribution in [1.29, 1.82) is 0 Å². The fourth-order valence-electron chi connectivity index (χ4n) is 3.96. The van der Waals surface area contributed by atoms with Gasteiger partial charge in [-0.3, -0.25) is 4.79 Å². The van der Waals surface area contributed by atoms with Crippen molar-refractivity contribution >= 4 is 18.0 Å². The van der Waals surface area contributed by atoms with E-state index in [-0.39, 0.29) is 31.9 Å². The molecule has 0 heterocycles. The molecule has 8 nitrogen and oxygen atoms in total.